The van der Waals surface area contributed by atoms with Crippen molar-refractivity contribution in [3.63, 3.8) is 0 Å². The number of rotatable bonds is 9. The summed E-state index contributed by atoms with van der Waals surface area (Å²) in [4.78, 5) is 29.7. The van der Waals surface area contributed by atoms with Crippen LogP contribution in [0.2, 0.25) is 0 Å². The Kier molecular flexibility index (Phi) is 10.8. The van der Waals surface area contributed by atoms with E-state index in [9.17, 15) is 36.3 Å². The van der Waals surface area contributed by atoms with Gasteiger partial charge in [0.25, 0.3) is 0 Å². The van der Waals surface area contributed by atoms with Crippen LogP contribution in [0.5, 0.6) is 5.88 Å². The van der Waals surface area contributed by atoms with Crippen molar-refractivity contribution in [3.8, 4) is 5.88 Å². The van der Waals surface area contributed by atoms with Gasteiger partial charge in [-0.3, -0.25) is 14.0 Å². The Morgan fingerprint density at radius 2 is 1.71 bits per heavy atom. The maximum absolute atomic E-state index is 14.6. The van der Waals surface area contributed by atoms with Crippen LogP contribution in [-0.4, -0.2) is 80.3 Å². The van der Waals surface area contributed by atoms with Crippen LogP contribution in [0, 0.1) is 19.3 Å². The highest BCUT2D eigenvalue weighted by molar-refractivity contribution is 7.89. The Bertz CT molecular complexity index is 2280. The minimum absolute atomic E-state index is 0.0276. The molecule has 0 amide bonds. The van der Waals surface area contributed by atoms with Gasteiger partial charge in [0, 0.05) is 43.6 Å². The summed E-state index contributed by atoms with van der Waals surface area (Å²) in [6.07, 6.45) is -2.56. The fraction of sp³-hybridized carbons (Fsp3) is 0.513. The second-order valence-corrected chi connectivity index (χ2v) is 18.0. The normalized spacial score (nSPS) is 17.9. The molecule has 4 aromatic rings. The van der Waals surface area contributed by atoms with Gasteiger partial charge in [0.05, 0.1) is 31.6 Å². The number of carbonyl (C=O) groups is 2. The third kappa shape index (κ3) is 8.11. The van der Waals surface area contributed by atoms with E-state index >= 15 is 0 Å². The molecular formula is C39H46F3N5O8S. The number of ether oxygens (including phenoxy) is 3. The number of alkyl halides is 3. The average molecular weight is 802 g/mol. The number of halogens is 3. The number of hydrogen-bond acceptors (Lipinski definition) is 10. The number of carboxylic acid groups (broad SMARTS) is 1. The van der Waals surface area contributed by atoms with E-state index in [4.69, 9.17) is 14.2 Å². The van der Waals surface area contributed by atoms with Crippen molar-refractivity contribution < 1.29 is 50.5 Å². The van der Waals surface area contributed by atoms with Crippen LogP contribution < -0.4 is 4.74 Å². The number of fused-ring (bicyclic) bond motifs is 2. The Labute approximate surface area is 323 Å². The molecule has 0 radical (unpaired) electrons. The molecule has 302 valence electrons. The predicted octanol–water partition coefficient (Wildman–Crippen LogP) is 6.41. The van der Waals surface area contributed by atoms with Crippen molar-refractivity contribution in [1.82, 2.24) is 23.9 Å². The Morgan fingerprint density at radius 1 is 1.02 bits per heavy atom. The number of sulfonamides is 1. The topological polar surface area (TPSA) is 163 Å². The van der Waals surface area contributed by atoms with E-state index in [0.717, 1.165) is 9.96 Å². The van der Waals surface area contributed by atoms with E-state index in [2.05, 4.69) is 15.2 Å². The molecule has 1 saturated heterocycles. The van der Waals surface area contributed by atoms with Crippen molar-refractivity contribution in [2.45, 2.75) is 109 Å². The lowest BCUT2D eigenvalue weighted by molar-refractivity contribution is -0.155. The third-order valence-electron chi connectivity index (χ3n) is 10.4. The number of carbonyl (C=O) groups excluding carboxylic acids is 1. The summed E-state index contributed by atoms with van der Waals surface area (Å²) in [5, 5.41) is 17.6. The lowest BCUT2D eigenvalue weighted by atomic mass is 9.70. The molecule has 1 atom stereocenters. The molecule has 0 bridgehead atoms. The molecule has 2 aliphatic heterocycles. The van der Waals surface area contributed by atoms with Crippen LogP contribution in [0.25, 0.3) is 5.65 Å². The van der Waals surface area contributed by atoms with Crippen molar-refractivity contribution in [2.24, 2.45) is 5.41 Å². The lowest BCUT2D eigenvalue weighted by Gasteiger charge is -2.38. The quantitative estimate of drug-likeness (QED) is 0.186. The van der Waals surface area contributed by atoms with Gasteiger partial charge in [-0.05, 0) is 94.5 Å². The summed E-state index contributed by atoms with van der Waals surface area (Å²) in [5.74, 6) is -3.72. The van der Waals surface area contributed by atoms with Crippen LogP contribution in [0.1, 0.15) is 99.1 Å². The molecular weight excluding hydrogens is 756 g/mol. The summed E-state index contributed by atoms with van der Waals surface area (Å²) in [6, 6.07) is 9.74. The van der Waals surface area contributed by atoms with Gasteiger partial charge in [0.1, 0.15) is 16.1 Å². The molecule has 56 heavy (non-hydrogen) atoms. The van der Waals surface area contributed by atoms with Crippen molar-refractivity contribution in [3.05, 3.63) is 81.9 Å². The molecule has 6 rings (SSSR count). The number of pyridine rings is 2. The molecule has 1 N–H and O–H groups in total. The number of carboxylic acids is 1. The largest absolute Gasteiger partial charge is 0.481 e. The number of esters is 1. The molecule has 1 aromatic carbocycles. The molecule has 1 spiro atoms. The van der Waals surface area contributed by atoms with Gasteiger partial charge in [-0.25, -0.2) is 13.4 Å². The number of hydrogen-bond donors (Lipinski definition) is 1. The first-order valence-electron chi connectivity index (χ1n) is 18.3. The molecule has 17 heteroatoms. The molecule has 0 saturated carbocycles. The summed E-state index contributed by atoms with van der Waals surface area (Å²) < 4.78 is 90.0. The first-order valence-corrected chi connectivity index (χ1v) is 19.7. The van der Waals surface area contributed by atoms with Crippen LogP contribution in [0.3, 0.4) is 0 Å². The number of nitrogens with zero attached hydrogens (tertiary/aromatic N) is 5. The van der Waals surface area contributed by atoms with Gasteiger partial charge in [-0.2, -0.15) is 17.5 Å². The molecule has 0 aliphatic carbocycles. The summed E-state index contributed by atoms with van der Waals surface area (Å²) in [7, 11) is -4.24. The predicted molar refractivity (Wildman–Crippen MR) is 197 cm³/mol. The maximum Gasteiger partial charge on any atom is 0.452 e. The highest BCUT2D eigenvalue weighted by Crippen LogP contribution is 2.45. The van der Waals surface area contributed by atoms with Gasteiger partial charge in [0.2, 0.25) is 21.7 Å². The molecule has 1 fully saturated rings. The van der Waals surface area contributed by atoms with Crippen LogP contribution in [0.4, 0.5) is 13.2 Å². The van der Waals surface area contributed by atoms with Gasteiger partial charge in [0.15, 0.2) is 5.65 Å². The third-order valence-corrected chi connectivity index (χ3v) is 12.3. The number of aryl methyl sites for hydroxylation is 3. The van der Waals surface area contributed by atoms with Crippen molar-refractivity contribution in [2.75, 3.05) is 19.8 Å². The number of aromatic nitrogens is 4. The highest BCUT2D eigenvalue weighted by Gasteiger charge is 2.46. The van der Waals surface area contributed by atoms with Crippen molar-refractivity contribution in [1.29, 1.82) is 0 Å². The molecule has 13 nitrogen and oxygen atoms in total. The Morgan fingerprint density at radius 3 is 2.36 bits per heavy atom. The summed E-state index contributed by atoms with van der Waals surface area (Å²) >= 11 is 0. The van der Waals surface area contributed by atoms with E-state index in [0.29, 0.717) is 54.0 Å². The van der Waals surface area contributed by atoms with Gasteiger partial charge < -0.3 is 19.3 Å². The molecule has 5 heterocycles. The SMILES string of the molecule is Cc1ccc(C(c2ccn3c(C(F)(F)F)nnc3c2C)C(C)(C)C(=O)O)cc1CN1CC2(CCOCC2)Oc2nc(CCC(=O)OC(C)(C)C)ccc2S1(=O)=O. The Hall–Kier alpha value is -4.61. The summed E-state index contributed by atoms with van der Waals surface area (Å²) in [5.41, 5.74) is -0.133. The van der Waals surface area contributed by atoms with Gasteiger partial charge >= 0.3 is 18.1 Å². The average Bonchev–Trinajstić information content (AvgIpc) is 3.52. The standard InChI is InChI=1S/C39H46F3N5O8S/c1-23-8-9-25(31(37(6,7)35(49)50)28-14-17-47-32(24(28)2)44-45-34(47)39(40,41)42)20-26(23)21-46-22-38(15-18-53-19-16-38)55-33-29(56(46,51)52)12-10-27(43-33)11-13-30(48)54-36(3,4)5/h8-10,12,14,17,20,31H,11,13,15-16,18-19,21-22H2,1-7H3,(H,49,50). The van der Waals surface area contributed by atoms with E-state index in [1.54, 1.807) is 52.0 Å². The van der Waals surface area contributed by atoms with Crippen LogP contribution in [-0.2, 0) is 48.2 Å². The zero-order chi connectivity index (χ0) is 41.0. The van der Waals surface area contributed by atoms with E-state index < -0.39 is 56.5 Å². The molecule has 1 unspecified atom stereocenters. The van der Waals surface area contributed by atoms with E-state index in [-0.39, 0.29) is 42.4 Å². The highest BCUT2D eigenvalue weighted by atomic mass is 32.2. The summed E-state index contributed by atoms with van der Waals surface area (Å²) in [6.45, 7) is 12.3. The lowest BCUT2D eigenvalue weighted by Crippen LogP contribution is -2.50. The second kappa shape index (κ2) is 14.7. The minimum atomic E-state index is -4.76. The minimum Gasteiger partial charge on any atom is -0.481 e. The van der Waals surface area contributed by atoms with Crippen LogP contribution >= 0.6 is 0 Å². The number of aliphatic carboxylic acids is 1. The Balaban J connectivity index is 1.39. The first-order chi connectivity index (χ1) is 26.0. The van der Waals surface area contributed by atoms with Crippen LogP contribution in [0.15, 0.2) is 47.5 Å². The van der Waals surface area contributed by atoms with E-state index in [1.165, 1.54) is 36.5 Å². The monoisotopic (exact) mass is 801 g/mol. The van der Waals surface area contributed by atoms with Gasteiger partial charge in [-0.15, -0.1) is 10.2 Å². The van der Waals surface area contributed by atoms with Crippen molar-refractivity contribution >= 4 is 27.6 Å². The second-order valence-electron chi connectivity index (χ2n) is 16.1. The maximum atomic E-state index is 14.6. The fourth-order valence-corrected chi connectivity index (χ4v) is 8.91. The zero-order valence-electron chi connectivity index (χ0n) is 32.4. The van der Waals surface area contributed by atoms with E-state index in [1.807, 2.05) is 6.92 Å². The first kappa shape index (κ1) is 41.0. The smallest absolute Gasteiger partial charge is 0.452 e. The molecule has 2 aliphatic rings. The zero-order valence-corrected chi connectivity index (χ0v) is 33.2. The fourth-order valence-electron chi connectivity index (χ4n) is 7.37. The molecule has 3 aromatic heterocycles. The number of benzene rings is 1. The van der Waals surface area contributed by atoms with Gasteiger partial charge in [-0.1, -0.05) is 18.2 Å².